The zero-order valence-corrected chi connectivity index (χ0v) is 23.0. The number of rotatable bonds is 6. The van der Waals surface area contributed by atoms with Gasteiger partial charge in [0.2, 0.25) is 0 Å². The number of esters is 1. The van der Waals surface area contributed by atoms with Gasteiger partial charge in [-0.2, -0.15) is 0 Å². The van der Waals surface area contributed by atoms with E-state index in [0.717, 1.165) is 40.4 Å². The van der Waals surface area contributed by atoms with Gasteiger partial charge in [-0.15, -0.1) is 11.3 Å². The molecule has 1 aromatic carbocycles. The third-order valence-corrected chi connectivity index (χ3v) is 8.43. The zero-order chi connectivity index (χ0) is 24.5. The molecule has 1 aliphatic rings. The topological polar surface area (TPSA) is 64.6 Å². The van der Waals surface area contributed by atoms with Crippen LogP contribution in [0.3, 0.4) is 0 Å². The number of hydrogen-bond donors (Lipinski definition) is 1. The molecule has 5 nitrogen and oxygen atoms in total. The fourth-order valence-electron chi connectivity index (χ4n) is 4.28. The largest absolute Gasteiger partial charge is 0.483 e. The van der Waals surface area contributed by atoms with Gasteiger partial charge < -0.3 is 14.8 Å². The van der Waals surface area contributed by atoms with E-state index in [9.17, 15) is 9.59 Å². The van der Waals surface area contributed by atoms with Crippen molar-refractivity contribution >= 4 is 44.1 Å². The fraction of sp³-hybridized carbons (Fsp3) is 0.538. The van der Waals surface area contributed by atoms with Crippen LogP contribution in [0.2, 0.25) is 0 Å². The van der Waals surface area contributed by atoms with Gasteiger partial charge in [-0.3, -0.25) is 4.79 Å². The fourth-order valence-corrected chi connectivity index (χ4v) is 5.98. The quantitative estimate of drug-likeness (QED) is 0.408. The van der Waals surface area contributed by atoms with Gasteiger partial charge in [-0.05, 0) is 72.3 Å². The lowest BCUT2D eigenvalue weighted by molar-refractivity contribution is -0.118. The first-order valence-electron chi connectivity index (χ1n) is 11.4. The van der Waals surface area contributed by atoms with Crippen molar-refractivity contribution in [2.24, 2.45) is 11.3 Å². The normalized spacial score (nSPS) is 15.8. The maximum atomic E-state index is 12.8. The third-order valence-electron chi connectivity index (χ3n) is 6.40. The number of nitrogens with one attached hydrogen (secondary N) is 1. The van der Waals surface area contributed by atoms with E-state index in [1.807, 2.05) is 19.1 Å². The summed E-state index contributed by atoms with van der Waals surface area (Å²) in [5, 5.41) is 3.49. The van der Waals surface area contributed by atoms with Gasteiger partial charge >= 0.3 is 5.97 Å². The van der Waals surface area contributed by atoms with Crippen LogP contribution < -0.4 is 10.1 Å². The minimum atomic E-state index is -0.399. The lowest BCUT2D eigenvalue weighted by Crippen LogP contribution is -2.26. The van der Waals surface area contributed by atoms with Gasteiger partial charge in [0.15, 0.2) is 6.61 Å². The smallest absolute Gasteiger partial charge is 0.341 e. The summed E-state index contributed by atoms with van der Waals surface area (Å²) in [6, 6.07) is 3.99. The second-order valence-corrected chi connectivity index (χ2v) is 12.1. The molecular weight excluding hydrogens is 502 g/mol. The summed E-state index contributed by atoms with van der Waals surface area (Å²) >= 11 is 5.06. The molecule has 180 valence electrons. The number of anilines is 1. The van der Waals surface area contributed by atoms with Crippen molar-refractivity contribution in [3.63, 3.8) is 0 Å². The summed E-state index contributed by atoms with van der Waals surface area (Å²) in [7, 11) is 1.38. The molecule has 1 amide bonds. The summed E-state index contributed by atoms with van der Waals surface area (Å²) in [6.07, 6.45) is 2.75. The second kappa shape index (κ2) is 10.2. The van der Waals surface area contributed by atoms with Crippen molar-refractivity contribution in [3.8, 4) is 5.75 Å². The van der Waals surface area contributed by atoms with E-state index >= 15 is 0 Å². The van der Waals surface area contributed by atoms with Crippen molar-refractivity contribution < 1.29 is 19.1 Å². The maximum Gasteiger partial charge on any atom is 0.341 e. The highest BCUT2D eigenvalue weighted by atomic mass is 79.9. The molecule has 0 aliphatic heterocycles. The standard InChI is InChI=1S/C26H34BrNO4S/c1-14(2)18-12-19(27)15(3)10-20(18)32-13-22(29)28-24-23(25(30)31-7)17-9-8-16(26(4,5)6)11-21(17)33-24/h10,12,14,16H,8-9,11,13H2,1-7H3,(H,28,29)/t16-/m0/s1. The van der Waals surface area contributed by atoms with E-state index in [1.165, 1.54) is 23.3 Å². The molecule has 0 fully saturated rings. The van der Waals surface area contributed by atoms with E-state index in [-0.39, 0.29) is 23.8 Å². The van der Waals surface area contributed by atoms with Crippen molar-refractivity contribution in [2.45, 2.75) is 66.7 Å². The molecule has 0 saturated heterocycles. The number of fused-ring (bicyclic) bond motifs is 1. The molecule has 33 heavy (non-hydrogen) atoms. The van der Waals surface area contributed by atoms with Gasteiger partial charge in [-0.1, -0.05) is 50.5 Å². The molecule has 0 radical (unpaired) electrons. The summed E-state index contributed by atoms with van der Waals surface area (Å²) in [4.78, 5) is 26.6. The van der Waals surface area contributed by atoms with Crippen molar-refractivity contribution in [2.75, 3.05) is 19.0 Å². The summed E-state index contributed by atoms with van der Waals surface area (Å²) < 4.78 is 12.0. The van der Waals surface area contributed by atoms with Gasteiger partial charge in [0.1, 0.15) is 10.8 Å². The van der Waals surface area contributed by atoms with Crippen LogP contribution in [0.15, 0.2) is 16.6 Å². The molecular formula is C26H34BrNO4S. The Morgan fingerprint density at radius 3 is 2.58 bits per heavy atom. The van der Waals surface area contributed by atoms with Crippen LogP contribution in [-0.4, -0.2) is 25.6 Å². The van der Waals surface area contributed by atoms with Gasteiger partial charge in [-0.25, -0.2) is 4.79 Å². The second-order valence-electron chi connectivity index (χ2n) is 10.1. The number of amides is 1. The first kappa shape index (κ1) is 25.8. The minimum absolute atomic E-state index is 0.130. The first-order valence-corrected chi connectivity index (χ1v) is 13.0. The number of carbonyl (C=O) groups is 2. The summed E-state index contributed by atoms with van der Waals surface area (Å²) in [6.45, 7) is 12.8. The van der Waals surface area contributed by atoms with E-state index in [2.05, 4.69) is 55.9 Å². The lowest BCUT2D eigenvalue weighted by atomic mass is 9.72. The highest BCUT2D eigenvalue weighted by molar-refractivity contribution is 9.10. The number of benzene rings is 1. The van der Waals surface area contributed by atoms with E-state index in [1.54, 1.807) is 0 Å². The van der Waals surface area contributed by atoms with Crippen LogP contribution in [0.4, 0.5) is 5.00 Å². The van der Waals surface area contributed by atoms with Gasteiger partial charge in [0, 0.05) is 9.35 Å². The number of ether oxygens (including phenoxy) is 2. The Balaban J connectivity index is 1.80. The number of hydrogen-bond acceptors (Lipinski definition) is 5. The summed E-state index contributed by atoms with van der Waals surface area (Å²) in [5.41, 5.74) is 3.80. The van der Waals surface area contributed by atoms with Crippen LogP contribution in [0.25, 0.3) is 0 Å². The monoisotopic (exact) mass is 535 g/mol. The predicted octanol–water partition coefficient (Wildman–Crippen LogP) is 6.90. The van der Waals surface area contributed by atoms with E-state index in [0.29, 0.717) is 22.2 Å². The number of carbonyl (C=O) groups excluding carboxylic acids is 2. The van der Waals surface area contributed by atoms with Gasteiger partial charge in [0.05, 0.1) is 12.7 Å². The van der Waals surface area contributed by atoms with E-state index in [4.69, 9.17) is 9.47 Å². The highest BCUT2D eigenvalue weighted by Crippen LogP contribution is 2.44. The number of aryl methyl sites for hydroxylation is 1. The van der Waals surface area contributed by atoms with Crippen LogP contribution >= 0.6 is 27.3 Å². The lowest BCUT2D eigenvalue weighted by Gasteiger charge is -2.33. The predicted molar refractivity (Wildman–Crippen MR) is 138 cm³/mol. The van der Waals surface area contributed by atoms with E-state index < -0.39 is 5.97 Å². The minimum Gasteiger partial charge on any atom is -0.483 e. The molecule has 0 unspecified atom stereocenters. The molecule has 0 saturated carbocycles. The highest BCUT2D eigenvalue weighted by Gasteiger charge is 2.34. The molecule has 7 heteroatoms. The molecule has 0 bridgehead atoms. The molecule has 3 rings (SSSR count). The Morgan fingerprint density at radius 1 is 1.27 bits per heavy atom. The Kier molecular flexibility index (Phi) is 7.95. The molecule has 0 spiro atoms. The third kappa shape index (κ3) is 5.80. The Morgan fingerprint density at radius 2 is 1.97 bits per heavy atom. The summed E-state index contributed by atoms with van der Waals surface area (Å²) in [5.74, 6) is 0.805. The SMILES string of the molecule is COC(=O)c1c(NC(=O)COc2cc(C)c(Br)cc2C(C)C)sc2c1CC[C@H](C(C)(C)C)C2. The zero-order valence-electron chi connectivity index (χ0n) is 20.6. The number of halogens is 1. The van der Waals surface area contributed by atoms with Crippen LogP contribution in [0.5, 0.6) is 5.75 Å². The first-order chi connectivity index (χ1) is 15.4. The average Bonchev–Trinajstić information content (AvgIpc) is 3.09. The van der Waals surface area contributed by atoms with Crippen LogP contribution in [0, 0.1) is 18.3 Å². The van der Waals surface area contributed by atoms with Gasteiger partial charge in [0.25, 0.3) is 5.91 Å². The molecule has 1 heterocycles. The Labute approximate surface area is 209 Å². The number of thiophene rings is 1. The molecule has 1 atom stereocenters. The molecule has 2 aromatic rings. The maximum absolute atomic E-state index is 12.8. The molecule has 1 aliphatic carbocycles. The molecule has 1 aromatic heterocycles. The van der Waals surface area contributed by atoms with Crippen LogP contribution in [0.1, 0.15) is 78.9 Å². The molecule has 1 N–H and O–H groups in total. The Bertz CT molecular complexity index is 1050. The Hall–Kier alpha value is -1.86. The van der Waals surface area contributed by atoms with Crippen LogP contribution in [-0.2, 0) is 22.4 Å². The number of methoxy groups -OCH3 is 1. The van der Waals surface area contributed by atoms with Crippen molar-refractivity contribution in [3.05, 3.63) is 43.7 Å². The van der Waals surface area contributed by atoms with Crippen molar-refractivity contribution in [1.82, 2.24) is 0 Å². The average molecular weight is 537 g/mol. The van der Waals surface area contributed by atoms with Crippen molar-refractivity contribution in [1.29, 1.82) is 0 Å².